The Morgan fingerprint density at radius 2 is 2.12 bits per heavy atom. The minimum Gasteiger partial charge on any atom is -0.355 e. The average molecular weight is 224 g/mol. The summed E-state index contributed by atoms with van der Waals surface area (Å²) in [5.41, 5.74) is 0.433. The van der Waals surface area contributed by atoms with E-state index in [0.717, 1.165) is 19.4 Å². The lowest BCUT2D eigenvalue weighted by molar-refractivity contribution is -0.124. The van der Waals surface area contributed by atoms with Crippen LogP contribution in [0.5, 0.6) is 0 Å². The summed E-state index contributed by atoms with van der Waals surface area (Å²) >= 11 is 0. The molecule has 3 heteroatoms. The second-order valence-corrected chi connectivity index (χ2v) is 6.31. The van der Waals surface area contributed by atoms with Crippen LogP contribution in [0.2, 0.25) is 0 Å². The van der Waals surface area contributed by atoms with Crippen molar-refractivity contribution in [1.29, 1.82) is 0 Å². The normalized spacial score (nSPS) is 38.4. The van der Waals surface area contributed by atoms with E-state index < -0.39 is 0 Å². The summed E-state index contributed by atoms with van der Waals surface area (Å²) in [7, 11) is 0. The maximum absolute atomic E-state index is 11.7. The van der Waals surface area contributed by atoms with Gasteiger partial charge in [-0.25, -0.2) is 0 Å². The first kappa shape index (κ1) is 11.9. The molecule has 0 spiro atoms. The van der Waals surface area contributed by atoms with E-state index >= 15 is 0 Å². The molecule has 1 heterocycles. The lowest BCUT2D eigenvalue weighted by Crippen LogP contribution is -2.52. The quantitative estimate of drug-likeness (QED) is 0.749. The minimum absolute atomic E-state index is 0.0510. The first-order valence-electron chi connectivity index (χ1n) is 6.52. The third kappa shape index (κ3) is 2.57. The van der Waals surface area contributed by atoms with Crippen LogP contribution < -0.4 is 10.6 Å². The molecule has 0 aromatic rings. The van der Waals surface area contributed by atoms with Gasteiger partial charge in [-0.1, -0.05) is 20.8 Å². The number of carbonyl (C=O) groups is 1. The van der Waals surface area contributed by atoms with E-state index in [2.05, 4.69) is 31.4 Å². The van der Waals surface area contributed by atoms with Crippen molar-refractivity contribution in [2.45, 2.75) is 58.5 Å². The predicted molar refractivity (Wildman–Crippen MR) is 65.1 cm³/mol. The third-order valence-corrected chi connectivity index (χ3v) is 4.03. The molecule has 2 aliphatic rings. The summed E-state index contributed by atoms with van der Waals surface area (Å²) in [6.07, 6.45) is 4.56. The Hall–Kier alpha value is -0.570. The van der Waals surface area contributed by atoms with Crippen molar-refractivity contribution in [3.05, 3.63) is 0 Å². The zero-order valence-electron chi connectivity index (χ0n) is 10.7. The lowest BCUT2D eigenvalue weighted by Gasteiger charge is -2.28. The molecule has 0 aromatic carbocycles. The van der Waals surface area contributed by atoms with Gasteiger partial charge in [-0.05, 0) is 37.0 Å². The highest BCUT2D eigenvalue weighted by atomic mass is 16.2. The number of amides is 1. The molecule has 2 fully saturated rings. The van der Waals surface area contributed by atoms with Crippen LogP contribution >= 0.6 is 0 Å². The third-order valence-electron chi connectivity index (χ3n) is 4.03. The fourth-order valence-electron chi connectivity index (χ4n) is 3.31. The SMILES string of the molecule is CC1CC(C)(C)CC1NC1CCCNC1=O. The van der Waals surface area contributed by atoms with Crippen molar-refractivity contribution in [3.8, 4) is 0 Å². The molecule has 0 radical (unpaired) electrons. The molecule has 2 N–H and O–H groups in total. The van der Waals surface area contributed by atoms with Crippen molar-refractivity contribution in [1.82, 2.24) is 10.6 Å². The van der Waals surface area contributed by atoms with Gasteiger partial charge in [-0.2, -0.15) is 0 Å². The summed E-state index contributed by atoms with van der Waals surface area (Å²) in [5.74, 6) is 0.882. The number of nitrogens with one attached hydrogen (secondary N) is 2. The van der Waals surface area contributed by atoms with E-state index in [0.29, 0.717) is 17.4 Å². The van der Waals surface area contributed by atoms with Crippen LogP contribution in [-0.2, 0) is 4.79 Å². The van der Waals surface area contributed by atoms with Gasteiger partial charge in [0.2, 0.25) is 5.91 Å². The highest BCUT2D eigenvalue weighted by Crippen LogP contribution is 2.41. The van der Waals surface area contributed by atoms with Gasteiger partial charge in [0.15, 0.2) is 0 Å². The van der Waals surface area contributed by atoms with E-state index in [1.807, 2.05) is 0 Å². The smallest absolute Gasteiger partial charge is 0.237 e. The highest BCUT2D eigenvalue weighted by Gasteiger charge is 2.38. The zero-order chi connectivity index (χ0) is 11.8. The van der Waals surface area contributed by atoms with Crippen LogP contribution in [0, 0.1) is 11.3 Å². The number of hydrogen-bond donors (Lipinski definition) is 2. The van der Waals surface area contributed by atoms with Crippen molar-refractivity contribution in [3.63, 3.8) is 0 Å². The topological polar surface area (TPSA) is 41.1 Å². The van der Waals surface area contributed by atoms with Gasteiger partial charge in [0.1, 0.15) is 0 Å². The molecule has 1 aliphatic carbocycles. The van der Waals surface area contributed by atoms with Gasteiger partial charge in [0.05, 0.1) is 6.04 Å². The molecule has 0 bridgehead atoms. The fraction of sp³-hybridized carbons (Fsp3) is 0.923. The molecular formula is C13H24N2O. The Balaban J connectivity index is 1.92. The molecule has 1 amide bonds. The van der Waals surface area contributed by atoms with E-state index in [4.69, 9.17) is 0 Å². The Morgan fingerprint density at radius 1 is 1.38 bits per heavy atom. The van der Waals surface area contributed by atoms with Gasteiger partial charge in [-0.15, -0.1) is 0 Å². The predicted octanol–water partition coefficient (Wildman–Crippen LogP) is 1.68. The summed E-state index contributed by atoms with van der Waals surface area (Å²) in [6, 6.07) is 0.568. The van der Waals surface area contributed by atoms with E-state index in [1.165, 1.54) is 12.8 Å². The minimum atomic E-state index is 0.0510. The largest absolute Gasteiger partial charge is 0.355 e. The molecule has 3 nitrogen and oxygen atoms in total. The van der Waals surface area contributed by atoms with Crippen LogP contribution in [0.25, 0.3) is 0 Å². The Labute approximate surface area is 98.4 Å². The first-order chi connectivity index (χ1) is 7.48. The summed E-state index contributed by atoms with van der Waals surface area (Å²) in [4.78, 5) is 11.7. The van der Waals surface area contributed by atoms with Gasteiger partial charge >= 0.3 is 0 Å². The molecule has 2 rings (SSSR count). The van der Waals surface area contributed by atoms with Gasteiger partial charge in [0, 0.05) is 12.6 Å². The van der Waals surface area contributed by atoms with Crippen LogP contribution in [0.4, 0.5) is 0 Å². The van der Waals surface area contributed by atoms with Crippen LogP contribution in [0.3, 0.4) is 0 Å². The van der Waals surface area contributed by atoms with Crippen molar-refractivity contribution in [2.24, 2.45) is 11.3 Å². The van der Waals surface area contributed by atoms with E-state index in [9.17, 15) is 4.79 Å². The first-order valence-corrected chi connectivity index (χ1v) is 6.52. The maximum atomic E-state index is 11.7. The van der Waals surface area contributed by atoms with E-state index in [1.54, 1.807) is 0 Å². The Morgan fingerprint density at radius 3 is 2.69 bits per heavy atom. The summed E-state index contributed by atoms with van der Waals surface area (Å²) in [5, 5.41) is 6.50. The molecule has 1 aliphatic heterocycles. The average Bonchev–Trinajstić information content (AvgIpc) is 2.44. The van der Waals surface area contributed by atoms with Crippen LogP contribution in [-0.4, -0.2) is 24.5 Å². The highest BCUT2D eigenvalue weighted by molar-refractivity contribution is 5.82. The number of piperidine rings is 1. The van der Waals surface area contributed by atoms with E-state index in [-0.39, 0.29) is 11.9 Å². The number of hydrogen-bond acceptors (Lipinski definition) is 2. The second kappa shape index (κ2) is 4.36. The molecule has 3 atom stereocenters. The second-order valence-electron chi connectivity index (χ2n) is 6.31. The van der Waals surface area contributed by atoms with Crippen molar-refractivity contribution in [2.75, 3.05) is 6.54 Å². The Kier molecular flexibility index (Phi) is 3.24. The molecule has 16 heavy (non-hydrogen) atoms. The summed E-state index contributed by atoms with van der Waals surface area (Å²) < 4.78 is 0. The maximum Gasteiger partial charge on any atom is 0.237 e. The lowest BCUT2D eigenvalue weighted by atomic mass is 9.91. The fourth-order valence-corrected chi connectivity index (χ4v) is 3.31. The molecular weight excluding hydrogens is 200 g/mol. The van der Waals surface area contributed by atoms with Gasteiger partial charge < -0.3 is 10.6 Å². The standard InChI is InChI=1S/C13H24N2O/c1-9-7-13(2,3)8-11(9)15-10-5-4-6-14-12(10)16/h9-11,15H,4-8H2,1-3H3,(H,14,16). The molecule has 92 valence electrons. The molecule has 0 aromatic heterocycles. The number of carbonyl (C=O) groups excluding carboxylic acids is 1. The van der Waals surface area contributed by atoms with Gasteiger partial charge in [0.25, 0.3) is 0 Å². The zero-order valence-corrected chi connectivity index (χ0v) is 10.7. The molecule has 3 unspecified atom stereocenters. The van der Waals surface area contributed by atoms with Crippen LogP contribution in [0.15, 0.2) is 0 Å². The van der Waals surface area contributed by atoms with Crippen molar-refractivity contribution < 1.29 is 4.79 Å². The molecule has 1 saturated heterocycles. The summed E-state index contributed by atoms with van der Waals surface area (Å²) in [6.45, 7) is 7.80. The Bertz CT molecular complexity index is 275. The number of rotatable bonds is 2. The van der Waals surface area contributed by atoms with Gasteiger partial charge in [-0.3, -0.25) is 4.79 Å². The van der Waals surface area contributed by atoms with Crippen molar-refractivity contribution >= 4 is 5.91 Å². The van der Waals surface area contributed by atoms with Crippen LogP contribution in [0.1, 0.15) is 46.5 Å². The monoisotopic (exact) mass is 224 g/mol. The molecule has 1 saturated carbocycles.